The summed E-state index contributed by atoms with van der Waals surface area (Å²) < 4.78 is 1.72. The van der Waals surface area contributed by atoms with Crippen LogP contribution >= 0.6 is 0 Å². The summed E-state index contributed by atoms with van der Waals surface area (Å²) in [6.07, 6.45) is 2.77. The number of carbonyl (C=O) groups is 2. The second-order valence-electron chi connectivity index (χ2n) is 5.19. The third-order valence-corrected chi connectivity index (χ3v) is 3.82. The van der Waals surface area contributed by atoms with E-state index in [1.165, 1.54) is 12.8 Å². The van der Waals surface area contributed by atoms with Gasteiger partial charge < -0.3 is 5.32 Å². The molecule has 1 aromatic rings. The van der Waals surface area contributed by atoms with Crippen LogP contribution in [0.5, 0.6) is 0 Å². The van der Waals surface area contributed by atoms with Gasteiger partial charge in [-0.25, -0.2) is 0 Å². The minimum Gasteiger partial charge on any atom is -0.346 e. The largest absolute Gasteiger partial charge is 0.346 e. The van der Waals surface area contributed by atoms with Crippen molar-refractivity contribution in [1.82, 2.24) is 15.1 Å². The first-order valence-corrected chi connectivity index (χ1v) is 7.53. The quantitative estimate of drug-likeness (QED) is 0.862. The van der Waals surface area contributed by atoms with Crippen molar-refractivity contribution in [3.05, 3.63) is 17.0 Å². The first-order valence-electron chi connectivity index (χ1n) is 7.53. The molecule has 0 saturated heterocycles. The van der Waals surface area contributed by atoms with Crippen molar-refractivity contribution in [1.29, 1.82) is 0 Å². The lowest BCUT2D eigenvalue weighted by atomic mass is 10.0. The van der Waals surface area contributed by atoms with Crippen molar-refractivity contribution in [3.63, 3.8) is 0 Å². The second-order valence-corrected chi connectivity index (χ2v) is 5.19. The van der Waals surface area contributed by atoms with E-state index in [1.54, 1.807) is 18.5 Å². The minimum atomic E-state index is -0.143. The fraction of sp³-hybridized carbons (Fsp3) is 0.667. The van der Waals surface area contributed by atoms with E-state index in [4.69, 9.17) is 0 Å². The van der Waals surface area contributed by atoms with E-state index in [1.807, 2.05) is 13.8 Å². The number of nitrogens with zero attached hydrogens (tertiary/aromatic N) is 2. The standard InChI is InChI=1S/C13H17N3O2.C2H6/c1-3-10(17)11-7(2)15-16-6-9(8-4-5-8)14-13(18)12(11)16;1-2/h8-9H,3-6H2,1-2H3,(H,14,18);1-2H3. The lowest BCUT2D eigenvalue weighted by Crippen LogP contribution is -2.46. The number of hydrogen-bond acceptors (Lipinski definition) is 3. The number of nitrogens with one attached hydrogen (secondary N) is 1. The summed E-state index contributed by atoms with van der Waals surface area (Å²) in [5.74, 6) is 0.446. The van der Waals surface area contributed by atoms with E-state index in [0.29, 0.717) is 35.8 Å². The van der Waals surface area contributed by atoms with E-state index in [9.17, 15) is 9.59 Å². The number of fused-ring (bicyclic) bond motifs is 1. The summed E-state index contributed by atoms with van der Waals surface area (Å²) in [5.41, 5.74) is 1.63. The molecule has 0 bridgehead atoms. The fourth-order valence-electron chi connectivity index (χ4n) is 2.69. The van der Waals surface area contributed by atoms with Crippen LogP contribution in [0.25, 0.3) is 0 Å². The smallest absolute Gasteiger partial charge is 0.270 e. The average Bonchev–Trinajstić information content (AvgIpc) is 3.23. The molecule has 5 nitrogen and oxygen atoms in total. The first kappa shape index (κ1) is 14.8. The Labute approximate surface area is 119 Å². The molecule has 1 unspecified atom stereocenters. The van der Waals surface area contributed by atoms with Crippen molar-refractivity contribution in [2.45, 2.75) is 59.5 Å². The van der Waals surface area contributed by atoms with Crippen LogP contribution in [-0.2, 0) is 6.54 Å². The van der Waals surface area contributed by atoms with Crippen molar-refractivity contribution < 1.29 is 9.59 Å². The molecule has 2 heterocycles. The molecular formula is C15H23N3O2. The van der Waals surface area contributed by atoms with E-state index < -0.39 is 0 Å². The summed E-state index contributed by atoms with van der Waals surface area (Å²) in [7, 11) is 0. The maximum absolute atomic E-state index is 12.2. The van der Waals surface area contributed by atoms with Crippen molar-refractivity contribution in [2.24, 2.45) is 5.92 Å². The van der Waals surface area contributed by atoms with Gasteiger partial charge in [0.15, 0.2) is 5.78 Å². The molecule has 1 amide bonds. The molecule has 1 aliphatic carbocycles. The molecule has 0 spiro atoms. The lowest BCUT2D eigenvalue weighted by Gasteiger charge is -2.24. The topological polar surface area (TPSA) is 64.0 Å². The lowest BCUT2D eigenvalue weighted by molar-refractivity contribution is 0.0875. The summed E-state index contributed by atoms with van der Waals surface area (Å²) in [4.78, 5) is 24.1. The molecule has 1 saturated carbocycles. The fourth-order valence-corrected chi connectivity index (χ4v) is 2.69. The Bertz CT molecular complexity index is 529. The number of carbonyl (C=O) groups excluding carboxylic acids is 2. The predicted molar refractivity (Wildman–Crippen MR) is 76.9 cm³/mol. The Kier molecular flexibility index (Phi) is 4.26. The number of hydrogen-bond donors (Lipinski definition) is 1. The van der Waals surface area contributed by atoms with E-state index in [-0.39, 0.29) is 17.7 Å². The summed E-state index contributed by atoms with van der Waals surface area (Å²) in [5, 5.41) is 7.38. The van der Waals surface area contributed by atoms with Crippen LogP contribution in [0.4, 0.5) is 0 Å². The van der Waals surface area contributed by atoms with Gasteiger partial charge in [-0.05, 0) is 25.7 Å². The van der Waals surface area contributed by atoms with Gasteiger partial charge >= 0.3 is 0 Å². The first-order chi connectivity index (χ1) is 9.61. The van der Waals surface area contributed by atoms with Crippen LogP contribution in [0.1, 0.15) is 66.6 Å². The normalized spacial score (nSPS) is 20.6. The van der Waals surface area contributed by atoms with Gasteiger partial charge in [0.25, 0.3) is 5.91 Å². The Morgan fingerprint density at radius 3 is 2.60 bits per heavy atom. The van der Waals surface area contributed by atoms with Gasteiger partial charge in [0.2, 0.25) is 0 Å². The van der Waals surface area contributed by atoms with Crippen LogP contribution < -0.4 is 5.32 Å². The molecule has 20 heavy (non-hydrogen) atoms. The minimum absolute atomic E-state index is 0.00577. The van der Waals surface area contributed by atoms with E-state index in [2.05, 4.69) is 10.4 Å². The van der Waals surface area contributed by atoms with Crippen molar-refractivity contribution in [3.8, 4) is 0 Å². The zero-order valence-corrected chi connectivity index (χ0v) is 12.7. The maximum Gasteiger partial charge on any atom is 0.270 e. The molecule has 5 heteroatoms. The highest BCUT2D eigenvalue weighted by Gasteiger charge is 2.38. The van der Waals surface area contributed by atoms with Gasteiger partial charge in [0.1, 0.15) is 5.69 Å². The molecule has 0 aromatic carbocycles. The van der Waals surface area contributed by atoms with Crippen molar-refractivity contribution >= 4 is 11.7 Å². The number of ketones is 1. The number of Topliss-reactive ketones (excluding diaryl/α,β-unsaturated/α-hetero) is 1. The van der Waals surface area contributed by atoms with Crippen LogP contribution in [0, 0.1) is 12.8 Å². The third kappa shape index (κ3) is 2.49. The Hall–Kier alpha value is -1.65. The Morgan fingerprint density at radius 2 is 2.05 bits per heavy atom. The molecular weight excluding hydrogens is 254 g/mol. The Morgan fingerprint density at radius 1 is 1.40 bits per heavy atom. The molecule has 1 aromatic heterocycles. The van der Waals surface area contributed by atoms with Gasteiger partial charge in [-0.1, -0.05) is 20.8 Å². The second kappa shape index (κ2) is 5.77. The van der Waals surface area contributed by atoms with Crippen molar-refractivity contribution in [2.75, 3.05) is 0 Å². The highest BCUT2D eigenvalue weighted by molar-refractivity contribution is 6.08. The van der Waals surface area contributed by atoms with Gasteiger partial charge in [-0.2, -0.15) is 5.10 Å². The summed E-state index contributed by atoms with van der Waals surface area (Å²) in [6.45, 7) is 8.30. The molecule has 3 rings (SSSR count). The molecule has 1 aliphatic heterocycles. The molecule has 110 valence electrons. The molecule has 1 N–H and O–H groups in total. The van der Waals surface area contributed by atoms with Crippen LogP contribution in [-0.4, -0.2) is 27.5 Å². The van der Waals surface area contributed by atoms with Crippen LogP contribution in [0.15, 0.2) is 0 Å². The highest BCUT2D eigenvalue weighted by atomic mass is 16.2. The van der Waals surface area contributed by atoms with E-state index >= 15 is 0 Å². The molecule has 2 aliphatic rings. The van der Waals surface area contributed by atoms with Crippen LogP contribution in [0.2, 0.25) is 0 Å². The monoisotopic (exact) mass is 277 g/mol. The van der Waals surface area contributed by atoms with Gasteiger partial charge in [0, 0.05) is 6.42 Å². The van der Waals surface area contributed by atoms with Crippen LogP contribution in [0.3, 0.4) is 0 Å². The molecule has 1 fully saturated rings. The third-order valence-electron chi connectivity index (χ3n) is 3.82. The Balaban J connectivity index is 0.000000704. The average molecular weight is 277 g/mol. The summed E-state index contributed by atoms with van der Waals surface area (Å²) in [6, 6.07) is 0.189. The zero-order valence-electron chi connectivity index (χ0n) is 12.7. The van der Waals surface area contributed by atoms with Gasteiger partial charge in [-0.15, -0.1) is 0 Å². The van der Waals surface area contributed by atoms with Gasteiger partial charge in [-0.3, -0.25) is 14.3 Å². The SMILES string of the molecule is CC.CCC(=O)c1c(C)nn2c1C(=O)NC(C1CC1)C2. The molecule has 0 radical (unpaired) electrons. The maximum atomic E-state index is 12.2. The number of amides is 1. The van der Waals surface area contributed by atoms with E-state index in [0.717, 1.165) is 0 Å². The predicted octanol–water partition coefficient (Wildman–Crippen LogP) is 2.33. The number of aryl methyl sites for hydroxylation is 1. The highest BCUT2D eigenvalue weighted by Crippen LogP contribution is 2.35. The molecule has 1 atom stereocenters. The zero-order chi connectivity index (χ0) is 14.9. The number of aromatic nitrogens is 2. The van der Waals surface area contributed by atoms with Gasteiger partial charge in [0.05, 0.1) is 23.8 Å². The summed E-state index contributed by atoms with van der Waals surface area (Å²) >= 11 is 0. The number of rotatable bonds is 3.